The van der Waals surface area contributed by atoms with Gasteiger partial charge in [-0.05, 0) is 54.3 Å². The first-order chi connectivity index (χ1) is 15.9. The van der Waals surface area contributed by atoms with E-state index in [1.807, 2.05) is 17.5 Å². The summed E-state index contributed by atoms with van der Waals surface area (Å²) < 4.78 is 38.5. The second-order valence-electron chi connectivity index (χ2n) is 7.06. The first kappa shape index (κ1) is 22.8. The number of sulfonamides is 1. The van der Waals surface area contributed by atoms with Gasteiger partial charge in [0.05, 0.1) is 4.90 Å². The summed E-state index contributed by atoms with van der Waals surface area (Å²) in [6, 6.07) is 16.2. The molecule has 3 N–H and O–H groups in total. The van der Waals surface area contributed by atoms with Crippen LogP contribution in [0.15, 0.2) is 70.9 Å². The van der Waals surface area contributed by atoms with E-state index in [-0.39, 0.29) is 23.6 Å². The molecular formula is C22H21N3O6S2. The van der Waals surface area contributed by atoms with E-state index in [4.69, 9.17) is 9.47 Å². The van der Waals surface area contributed by atoms with Gasteiger partial charge < -0.3 is 9.47 Å². The topological polar surface area (TPSA) is 123 Å². The Bertz CT molecular complexity index is 1230. The van der Waals surface area contributed by atoms with Gasteiger partial charge in [-0.1, -0.05) is 18.2 Å². The van der Waals surface area contributed by atoms with E-state index in [1.54, 1.807) is 35.6 Å². The Kier molecular flexibility index (Phi) is 6.92. The number of carbonyl (C=O) groups excluding carboxylic acids is 2. The first-order valence-corrected chi connectivity index (χ1v) is 12.4. The SMILES string of the molecule is O=C(NNC(=O)C1COc2ccccc2O1)c1ccc(S(=O)(=O)NCCc2cccs2)cc1. The lowest BCUT2D eigenvalue weighted by Gasteiger charge is -2.25. The maximum Gasteiger partial charge on any atom is 0.283 e. The molecule has 0 spiro atoms. The van der Waals surface area contributed by atoms with Crippen LogP contribution in [0.5, 0.6) is 11.5 Å². The van der Waals surface area contributed by atoms with E-state index in [1.165, 1.54) is 24.3 Å². The Labute approximate surface area is 194 Å². The number of para-hydroxylation sites is 2. The monoisotopic (exact) mass is 487 g/mol. The minimum absolute atomic E-state index is 0.00472. The van der Waals surface area contributed by atoms with Crippen LogP contribution in [0.25, 0.3) is 0 Å². The molecule has 172 valence electrons. The van der Waals surface area contributed by atoms with E-state index < -0.39 is 27.9 Å². The van der Waals surface area contributed by atoms with Crippen LogP contribution in [0.1, 0.15) is 15.2 Å². The average molecular weight is 488 g/mol. The summed E-state index contributed by atoms with van der Waals surface area (Å²) in [5.74, 6) is -0.195. The van der Waals surface area contributed by atoms with Crippen LogP contribution >= 0.6 is 11.3 Å². The van der Waals surface area contributed by atoms with E-state index in [9.17, 15) is 18.0 Å². The molecule has 2 heterocycles. The van der Waals surface area contributed by atoms with Gasteiger partial charge in [0.25, 0.3) is 11.8 Å². The highest BCUT2D eigenvalue weighted by Gasteiger charge is 2.27. The highest BCUT2D eigenvalue weighted by Crippen LogP contribution is 2.30. The number of hydrazine groups is 1. The number of rotatable bonds is 7. The van der Waals surface area contributed by atoms with Crippen molar-refractivity contribution in [1.82, 2.24) is 15.6 Å². The minimum Gasteiger partial charge on any atom is -0.485 e. The predicted molar refractivity (Wildman–Crippen MR) is 122 cm³/mol. The zero-order valence-electron chi connectivity index (χ0n) is 17.3. The van der Waals surface area contributed by atoms with Crippen molar-refractivity contribution in [3.8, 4) is 11.5 Å². The molecule has 2 aromatic carbocycles. The van der Waals surface area contributed by atoms with Gasteiger partial charge in [0.2, 0.25) is 16.1 Å². The molecule has 4 rings (SSSR count). The van der Waals surface area contributed by atoms with Crippen molar-refractivity contribution < 1.29 is 27.5 Å². The molecule has 0 bridgehead atoms. The molecule has 11 heteroatoms. The molecule has 0 aliphatic carbocycles. The van der Waals surface area contributed by atoms with E-state index >= 15 is 0 Å². The maximum absolute atomic E-state index is 12.4. The first-order valence-electron chi connectivity index (χ1n) is 10.0. The van der Waals surface area contributed by atoms with Gasteiger partial charge in [-0.2, -0.15) is 0 Å². The number of nitrogens with one attached hydrogen (secondary N) is 3. The van der Waals surface area contributed by atoms with Gasteiger partial charge >= 0.3 is 0 Å². The molecule has 1 unspecified atom stereocenters. The van der Waals surface area contributed by atoms with Crippen LogP contribution in [0.3, 0.4) is 0 Å². The summed E-state index contributed by atoms with van der Waals surface area (Å²) in [7, 11) is -3.70. The summed E-state index contributed by atoms with van der Waals surface area (Å²) in [6.45, 7) is 0.277. The van der Waals surface area contributed by atoms with Crippen molar-refractivity contribution in [2.45, 2.75) is 17.4 Å². The van der Waals surface area contributed by atoms with Crippen LogP contribution in [0, 0.1) is 0 Å². The zero-order chi connectivity index (χ0) is 23.3. The third-order valence-corrected chi connectivity index (χ3v) is 7.18. The summed E-state index contributed by atoms with van der Waals surface area (Å²) in [4.78, 5) is 25.8. The number of amides is 2. The van der Waals surface area contributed by atoms with Crippen LogP contribution in [-0.4, -0.2) is 39.5 Å². The Morgan fingerprint density at radius 3 is 2.45 bits per heavy atom. The normalized spacial score (nSPS) is 15.0. The Morgan fingerprint density at radius 2 is 1.73 bits per heavy atom. The van der Waals surface area contributed by atoms with Crippen molar-refractivity contribution in [2.24, 2.45) is 0 Å². The molecule has 1 aromatic heterocycles. The molecule has 9 nitrogen and oxygen atoms in total. The van der Waals surface area contributed by atoms with E-state index in [2.05, 4.69) is 15.6 Å². The molecule has 1 aliphatic rings. The third-order valence-electron chi connectivity index (χ3n) is 4.77. The highest BCUT2D eigenvalue weighted by molar-refractivity contribution is 7.89. The van der Waals surface area contributed by atoms with Crippen LogP contribution in [0.2, 0.25) is 0 Å². The average Bonchev–Trinajstić information content (AvgIpc) is 3.35. The van der Waals surface area contributed by atoms with Crippen molar-refractivity contribution >= 4 is 33.2 Å². The second kappa shape index (κ2) is 10.0. The molecule has 3 aromatic rings. The molecule has 0 fully saturated rings. The molecule has 1 aliphatic heterocycles. The van der Waals surface area contributed by atoms with Gasteiger partial charge in [0, 0.05) is 17.0 Å². The van der Waals surface area contributed by atoms with Gasteiger partial charge in [0.15, 0.2) is 11.5 Å². The number of thiophene rings is 1. The molecule has 0 saturated heterocycles. The largest absolute Gasteiger partial charge is 0.485 e. The summed E-state index contributed by atoms with van der Waals surface area (Å²) in [5, 5.41) is 1.94. The molecule has 0 radical (unpaired) electrons. The van der Waals surface area contributed by atoms with Crippen LogP contribution < -0.4 is 25.0 Å². The fourth-order valence-electron chi connectivity index (χ4n) is 3.05. The van der Waals surface area contributed by atoms with Gasteiger partial charge in [-0.15, -0.1) is 11.3 Å². The van der Waals surface area contributed by atoms with Gasteiger partial charge in [0.1, 0.15) is 6.61 Å². The standard InChI is InChI=1S/C22H21N3O6S2/c26-21(24-25-22(27)20-14-30-18-5-1-2-6-19(18)31-20)15-7-9-17(10-8-15)33(28,29)23-12-11-16-4-3-13-32-16/h1-10,13,20,23H,11-12,14H2,(H,24,26)(H,25,27). The smallest absolute Gasteiger partial charge is 0.283 e. The van der Waals surface area contributed by atoms with Gasteiger partial charge in [-0.3, -0.25) is 20.4 Å². The zero-order valence-corrected chi connectivity index (χ0v) is 18.9. The highest BCUT2D eigenvalue weighted by atomic mass is 32.2. The Hall–Kier alpha value is -3.41. The third kappa shape index (κ3) is 5.69. The number of carbonyl (C=O) groups is 2. The van der Waals surface area contributed by atoms with Crippen molar-refractivity contribution in [1.29, 1.82) is 0 Å². The summed E-state index contributed by atoms with van der Waals surface area (Å²) >= 11 is 1.56. The molecule has 2 amide bonds. The predicted octanol–water partition coefficient (Wildman–Crippen LogP) is 1.87. The summed E-state index contributed by atoms with van der Waals surface area (Å²) in [6.07, 6.45) is -0.328. The van der Waals surface area contributed by atoms with Crippen molar-refractivity contribution in [2.75, 3.05) is 13.2 Å². The Morgan fingerprint density at radius 1 is 0.970 bits per heavy atom. The van der Waals surface area contributed by atoms with Gasteiger partial charge in [-0.25, -0.2) is 13.1 Å². The second-order valence-corrected chi connectivity index (χ2v) is 9.86. The number of benzene rings is 2. The lowest BCUT2D eigenvalue weighted by atomic mass is 10.2. The van der Waals surface area contributed by atoms with Crippen molar-refractivity contribution in [3.63, 3.8) is 0 Å². The molecule has 33 heavy (non-hydrogen) atoms. The van der Waals surface area contributed by atoms with Crippen LogP contribution in [0.4, 0.5) is 0 Å². The van der Waals surface area contributed by atoms with Crippen molar-refractivity contribution in [3.05, 3.63) is 76.5 Å². The fourth-order valence-corrected chi connectivity index (χ4v) is 4.79. The van der Waals surface area contributed by atoms with Crippen LogP contribution in [-0.2, 0) is 21.2 Å². The number of ether oxygens (including phenoxy) is 2. The quantitative estimate of drug-likeness (QED) is 0.438. The molecule has 0 saturated carbocycles. The fraction of sp³-hybridized carbons (Fsp3) is 0.182. The number of fused-ring (bicyclic) bond motifs is 1. The van der Waals surface area contributed by atoms with E-state index in [0.29, 0.717) is 17.9 Å². The molecule has 1 atom stereocenters. The number of hydrogen-bond acceptors (Lipinski definition) is 7. The maximum atomic E-state index is 12.4. The molecular weight excluding hydrogens is 466 g/mol. The summed E-state index contributed by atoms with van der Waals surface area (Å²) in [5.41, 5.74) is 4.76. The van der Waals surface area contributed by atoms with E-state index in [0.717, 1.165) is 4.88 Å². The minimum atomic E-state index is -3.70. The lowest BCUT2D eigenvalue weighted by Crippen LogP contribution is -2.50. The lowest BCUT2D eigenvalue weighted by molar-refractivity contribution is -0.131. The Balaban J connectivity index is 1.28. The number of hydrogen-bond donors (Lipinski definition) is 3.